The van der Waals surface area contributed by atoms with Crippen molar-refractivity contribution in [2.45, 2.75) is 31.0 Å². The van der Waals surface area contributed by atoms with Crippen LogP contribution in [0.25, 0.3) is 11.5 Å². The normalized spacial score (nSPS) is 14.3. The van der Waals surface area contributed by atoms with Crippen molar-refractivity contribution in [3.8, 4) is 11.5 Å². The third kappa shape index (κ3) is 3.78. The number of hydrogen-bond acceptors (Lipinski definition) is 5. The van der Waals surface area contributed by atoms with Crippen molar-refractivity contribution >= 4 is 11.8 Å². The summed E-state index contributed by atoms with van der Waals surface area (Å²) in [6.07, 6.45) is -0.381. The van der Waals surface area contributed by atoms with Gasteiger partial charge in [-0.05, 0) is 31.2 Å². The summed E-state index contributed by atoms with van der Waals surface area (Å²) in [7, 11) is 0. The van der Waals surface area contributed by atoms with Crippen LogP contribution in [0.1, 0.15) is 19.7 Å². The highest BCUT2D eigenvalue weighted by atomic mass is 32.2. The summed E-state index contributed by atoms with van der Waals surface area (Å²) in [5, 5.41) is 13.4. The van der Waals surface area contributed by atoms with E-state index in [0.717, 1.165) is 0 Å². The van der Waals surface area contributed by atoms with E-state index in [9.17, 15) is 9.50 Å². The molecule has 0 saturated heterocycles. The van der Waals surface area contributed by atoms with Gasteiger partial charge >= 0.3 is 0 Å². The van der Waals surface area contributed by atoms with Gasteiger partial charge in [-0.2, -0.15) is 4.98 Å². The summed E-state index contributed by atoms with van der Waals surface area (Å²) < 4.78 is 17.9. The molecule has 1 heterocycles. The molecule has 0 saturated carbocycles. The van der Waals surface area contributed by atoms with Gasteiger partial charge in [0, 0.05) is 10.8 Å². The molecule has 102 valence electrons. The van der Waals surface area contributed by atoms with Gasteiger partial charge in [-0.3, -0.25) is 0 Å². The Kier molecular flexibility index (Phi) is 4.55. The van der Waals surface area contributed by atoms with Crippen LogP contribution in [0.4, 0.5) is 4.39 Å². The highest BCUT2D eigenvalue weighted by Crippen LogP contribution is 2.21. The summed E-state index contributed by atoms with van der Waals surface area (Å²) in [6.45, 7) is 3.69. The van der Waals surface area contributed by atoms with E-state index in [1.165, 1.54) is 12.1 Å². The first-order valence-electron chi connectivity index (χ1n) is 5.94. The van der Waals surface area contributed by atoms with Crippen LogP contribution in [-0.4, -0.2) is 26.6 Å². The monoisotopic (exact) mass is 282 g/mol. The molecule has 2 rings (SSSR count). The minimum atomic E-state index is -0.381. The van der Waals surface area contributed by atoms with E-state index in [0.29, 0.717) is 23.0 Å². The summed E-state index contributed by atoms with van der Waals surface area (Å²) in [5.41, 5.74) is 0.689. The zero-order chi connectivity index (χ0) is 13.8. The van der Waals surface area contributed by atoms with Gasteiger partial charge in [-0.1, -0.05) is 12.1 Å². The molecular formula is C13H15FN2O2S. The quantitative estimate of drug-likeness (QED) is 0.913. The maximum atomic E-state index is 12.8. The van der Waals surface area contributed by atoms with Crippen LogP contribution in [0.15, 0.2) is 28.8 Å². The van der Waals surface area contributed by atoms with E-state index in [1.807, 2.05) is 6.92 Å². The second-order valence-electron chi connectivity index (χ2n) is 4.28. The van der Waals surface area contributed by atoms with Crippen molar-refractivity contribution in [2.75, 3.05) is 0 Å². The summed E-state index contributed by atoms with van der Waals surface area (Å²) in [6, 6.07) is 5.89. The van der Waals surface area contributed by atoms with Gasteiger partial charge in [-0.15, -0.1) is 11.8 Å². The largest absolute Gasteiger partial charge is 0.392 e. The molecule has 0 spiro atoms. The summed E-state index contributed by atoms with van der Waals surface area (Å²) >= 11 is 1.55. The third-order valence-electron chi connectivity index (χ3n) is 2.71. The van der Waals surface area contributed by atoms with Crippen molar-refractivity contribution < 1.29 is 14.0 Å². The smallest absolute Gasteiger partial charge is 0.257 e. The lowest BCUT2D eigenvalue weighted by molar-refractivity contribution is 0.196. The molecule has 0 radical (unpaired) electrons. The molecule has 2 aromatic rings. The lowest BCUT2D eigenvalue weighted by Crippen LogP contribution is -2.15. The molecule has 1 N–H and O–H groups in total. The fraction of sp³-hybridized carbons (Fsp3) is 0.385. The SMILES string of the molecule is CC(O)C(C)SCc1noc(-c2ccc(F)cc2)n1. The van der Waals surface area contributed by atoms with E-state index in [-0.39, 0.29) is 17.2 Å². The highest BCUT2D eigenvalue weighted by Gasteiger charge is 2.13. The van der Waals surface area contributed by atoms with E-state index in [2.05, 4.69) is 10.1 Å². The topological polar surface area (TPSA) is 59.2 Å². The standard InChI is InChI=1S/C13H15FN2O2S/c1-8(17)9(2)19-7-12-15-13(18-16-12)10-3-5-11(14)6-4-10/h3-6,8-9,17H,7H2,1-2H3. The van der Waals surface area contributed by atoms with Gasteiger partial charge < -0.3 is 9.63 Å². The van der Waals surface area contributed by atoms with E-state index in [1.54, 1.807) is 30.8 Å². The Labute approximate surface area is 115 Å². The Morgan fingerprint density at radius 2 is 2.00 bits per heavy atom. The summed E-state index contributed by atoms with van der Waals surface area (Å²) in [4.78, 5) is 4.24. The molecule has 6 heteroatoms. The number of rotatable bonds is 5. The Morgan fingerprint density at radius 3 is 2.63 bits per heavy atom. The maximum absolute atomic E-state index is 12.8. The molecule has 4 nitrogen and oxygen atoms in total. The Bertz CT molecular complexity index is 528. The van der Waals surface area contributed by atoms with E-state index in [4.69, 9.17) is 4.52 Å². The van der Waals surface area contributed by atoms with Gasteiger partial charge in [0.05, 0.1) is 11.9 Å². The van der Waals surface area contributed by atoms with Gasteiger partial charge in [0.15, 0.2) is 5.82 Å². The molecule has 0 amide bonds. The Hall–Kier alpha value is -1.40. The van der Waals surface area contributed by atoms with E-state index < -0.39 is 0 Å². The van der Waals surface area contributed by atoms with E-state index >= 15 is 0 Å². The number of aromatic nitrogens is 2. The fourth-order valence-corrected chi connectivity index (χ4v) is 2.18. The van der Waals surface area contributed by atoms with Crippen molar-refractivity contribution in [1.29, 1.82) is 0 Å². The molecule has 2 atom stereocenters. The van der Waals surface area contributed by atoms with Gasteiger partial charge in [0.25, 0.3) is 5.89 Å². The Morgan fingerprint density at radius 1 is 1.32 bits per heavy atom. The molecule has 1 aromatic carbocycles. The minimum Gasteiger partial charge on any atom is -0.392 e. The first kappa shape index (κ1) is 14.0. The van der Waals surface area contributed by atoms with Crippen molar-refractivity contribution in [1.82, 2.24) is 10.1 Å². The molecular weight excluding hydrogens is 267 g/mol. The average Bonchev–Trinajstić information content (AvgIpc) is 2.85. The van der Waals surface area contributed by atoms with Crippen LogP contribution in [-0.2, 0) is 5.75 Å². The number of benzene rings is 1. The second kappa shape index (κ2) is 6.16. The minimum absolute atomic E-state index is 0.104. The molecule has 0 fully saturated rings. The first-order valence-corrected chi connectivity index (χ1v) is 6.99. The van der Waals surface area contributed by atoms with Crippen LogP contribution in [0.5, 0.6) is 0 Å². The third-order valence-corrected chi connectivity index (χ3v) is 4.06. The van der Waals surface area contributed by atoms with Crippen LogP contribution in [0.2, 0.25) is 0 Å². The molecule has 0 bridgehead atoms. The fourth-order valence-electron chi connectivity index (χ4n) is 1.37. The number of halogens is 1. The molecule has 0 aliphatic rings. The molecule has 0 aliphatic carbocycles. The number of aliphatic hydroxyl groups is 1. The van der Waals surface area contributed by atoms with Gasteiger partial charge in [0.1, 0.15) is 5.82 Å². The van der Waals surface area contributed by atoms with Crippen molar-refractivity contribution in [3.63, 3.8) is 0 Å². The lowest BCUT2D eigenvalue weighted by Gasteiger charge is -2.11. The number of thioether (sulfide) groups is 1. The van der Waals surface area contributed by atoms with Crippen LogP contribution in [0.3, 0.4) is 0 Å². The van der Waals surface area contributed by atoms with Crippen molar-refractivity contribution in [2.24, 2.45) is 0 Å². The summed E-state index contributed by atoms with van der Waals surface area (Å²) in [5.74, 6) is 1.21. The molecule has 0 aliphatic heterocycles. The van der Waals surface area contributed by atoms with Gasteiger partial charge in [0.2, 0.25) is 0 Å². The average molecular weight is 282 g/mol. The lowest BCUT2D eigenvalue weighted by atomic mass is 10.2. The van der Waals surface area contributed by atoms with Crippen LogP contribution in [0, 0.1) is 5.82 Å². The molecule has 19 heavy (non-hydrogen) atoms. The predicted molar refractivity (Wildman–Crippen MR) is 72.1 cm³/mol. The predicted octanol–water partition coefficient (Wildman–Crippen LogP) is 2.88. The molecule has 1 aromatic heterocycles. The van der Waals surface area contributed by atoms with Crippen LogP contribution >= 0.6 is 11.8 Å². The zero-order valence-electron chi connectivity index (χ0n) is 10.7. The number of aliphatic hydroxyl groups excluding tert-OH is 1. The first-order chi connectivity index (χ1) is 9.06. The zero-order valence-corrected chi connectivity index (χ0v) is 11.5. The highest BCUT2D eigenvalue weighted by molar-refractivity contribution is 7.99. The second-order valence-corrected chi connectivity index (χ2v) is 5.64. The van der Waals surface area contributed by atoms with Crippen LogP contribution < -0.4 is 0 Å². The number of hydrogen-bond donors (Lipinski definition) is 1. The molecule has 2 unspecified atom stereocenters. The Balaban J connectivity index is 2.01. The maximum Gasteiger partial charge on any atom is 0.257 e. The van der Waals surface area contributed by atoms with Gasteiger partial charge in [-0.25, -0.2) is 4.39 Å². The van der Waals surface area contributed by atoms with Crippen molar-refractivity contribution in [3.05, 3.63) is 35.9 Å². The number of nitrogens with zero attached hydrogens (tertiary/aromatic N) is 2.